The number of carbonyl (C=O) groups is 4. The van der Waals surface area contributed by atoms with Gasteiger partial charge < -0.3 is 15.4 Å². The van der Waals surface area contributed by atoms with Gasteiger partial charge in [0.2, 0.25) is 15.6 Å². The molecule has 3 amide bonds. The molecule has 9 nitrogen and oxygen atoms in total. The number of halogens is 3. The van der Waals surface area contributed by atoms with Crippen molar-refractivity contribution >= 4 is 58.5 Å². The molecule has 1 saturated heterocycles. The molecular formula is C24H31Cl3N4O5. The average Bonchev–Trinajstić information content (AvgIpc) is 2.85. The summed E-state index contributed by atoms with van der Waals surface area (Å²) in [5.74, 6) is -1.90. The quantitative estimate of drug-likeness (QED) is 0.230. The van der Waals surface area contributed by atoms with Gasteiger partial charge in [0.25, 0.3) is 5.91 Å². The second-order valence-electron chi connectivity index (χ2n) is 8.35. The van der Waals surface area contributed by atoms with E-state index in [1.54, 1.807) is 19.1 Å². The number of alkyl halides is 3. The van der Waals surface area contributed by atoms with Gasteiger partial charge in [-0.15, -0.1) is 0 Å². The number of nitrogens with one attached hydrogen (secondary N) is 3. The number of rotatable bonds is 10. The van der Waals surface area contributed by atoms with E-state index in [4.69, 9.17) is 39.5 Å². The Morgan fingerprint density at radius 1 is 1.19 bits per heavy atom. The molecule has 0 spiro atoms. The highest BCUT2D eigenvalue weighted by Gasteiger charge is 2.33. The summed E-state index contributed by atoms with van der Waals surface area (Å²) in [6.07, 6.45) is 4.80. The van der Waals surface area contributed by atoms with Gasteiger partial charge in [-0.1, -0.05) is 77.3 Å². The first-order valence-electron chi connectivity index (χ1n) is 11.6. The molecule has 0 saturated carbocycles. The van der Waals surface area contributed by atoms with Crippen LogP contribution in [0.4, 0.5) is 0 Å². The van der Waals surface area contributed by atoms with Gasteiger partial charge in [-0.25, -0.2) is 5.43 Å². The van der Waals surface area contributed by atoms with E-state index in [9.17, 15) is 19.2 Å². The summed E-state index contributed by atoms with van der Waals surface area (Å²) >= 11 is 16.9. The van der Waals surface area contributed by atoms with Crippen LogP contribution in [-0.4, -0.2) is 63.8 Å². The Balaban J connectivity index is 2.00. The largest absolute Gasteiger partial charge is 0.460 e. The Morgan fingerprint density at radius 2 is 1.89 bits per heavy atom. The molecule has 1 aliphatic rings. The molecule has 3 atom stereocenters. The number of amides is 3. The molecule has 0 bridgehead atoms. The van der Waals surface area contributed by atoms with Gasteiger partial charge in [-0.05, 0) is 32.3 Å². The third-order valence-corrected chi connectivity index (χ3v) is 5.64. The van der Waals surface area contributed by atoms with Crippen molar-refractivity contribution in [1.82, 2.24) is 21.1 Å². The highest BCUT2D eigenvalue weighted by atomic mass is 35.6. The van der Waals surface area contributed by atoms with Crippen molar-refractivity contribution in [2.75, 3.05) is 13.2 Å². The first kappa shape index (κ1) is 29.9. The Kier molecular flexibility index (Phi) is 12.0. The summed E-state index contributed by atoms with van der Waals surface area (Å²) in [5, 5.41) is 6.68. The van der Waals surface area contributed by atoms with E-state index in [0.29, 0.717) is 19.4 Å². The van der Waals surface area contributed by atoms with Crippen molar-refractivity contribution in [3.8, 4) is 0 Å². The molecule has 36 heavy (non-hydrogen) atoms. The summed E-state index contributed by atoms with van der Waals surface area (Å²) in [6.45, 7) is 3.25. The third-order valence-electron chi connectivity index (χ3n) is 5.32. The van der Waals surface area contributed by atoms with Gasteiger partial charge in [0, 0.05) is 19.4 Å². The molecule has 1 fully saturated rings. The number of esters is 1. The molecule has 0 radical (unpaired) electrons. The monoisotopic (exact) mass is 560 g/mol. The minimum absolute atomic E-state index is 0.136. The van der Waals surface area contributed by atoms with Crippen LogP contribution in [0.1, 0.15) is 38.7 Å². The van der Waals surface area contributed by atoms with E-state index in [1.165, 1.54) is 11.9 Å². The van der Waals surface area contributed by atoms with Crippen molar-refractivity contribution in [3.63, 3.8) is 0 Å². The van der Waals surface area contributed by atoms with Gasteiger partial charge in [-0.3, -0.25) is 24.2 Å². The molecule has 1 aliphatic heterocycles. The molecule has 1 heterocycles. The number of hydrogen-bond acceptors (Lipinski definition) is 6. The normalized spacial score (nSPS) is 17.8. The molecule has 0 aliphatic carbocycles. The van der Waals surface area contributed by atoms with Gasteiger partial charge >= 0.3 is 5.97 Å². The third kappa shape index (κ3) is 10.3. The maximum absolute atomic E-state index is 13.1. The van der Waals surface area contributed by atoms with Crippen molar-refractivity contribution in [1.29, 1.82) is 0 Å². The van der Waals surface area contributed by atoms with Gasteiger partial charge in [-0.2, -0.15) is 0 Å². The second-order valence-corrected chi connectivity index (χ2v) is 10.9. The zero-order valence-corrected chi connectivity index (χ0v) is 22.4. The van der Waals surface area contributed by atoms with E-state index >= 15 is 0 Å². The van der Waals surface area contributed by atoms with Crippen molar-refractivity contribution < 1.29 is 23.9 Å². The Hall–Kier alpha value is -2.33. The molecule has 3 unspecified atom stereocenters. The lowest BCUT2D eigenvalue weighted by atomic mass is 10.0. The first-order valence-corrected chi connectivity index (χ1v) is 12.7. The minimum Gasteiger partial charge on any atom is -0.460 e. The lowest BCUT2D eigenvalue weighted by Crippen LogP contribution is -2.60. The predicted octanol–water partition coefficient (Wildman–Crippen LogP) is 2.59. The van der Waals surface area contributed by atoms with E-state index in [-0.39, 0.29) is 18.7 Å². The van der Waals surface area contributed by atoms with Crippen LogP contribution >= 0.6 is 34.8 Å². The fourth-order valence-electron chi connectivity index (χ4n) is 3.52. The summed E-state index contributed by atoms with van der Waals surface area (Å²) in [5.41, 5.74) is 3.68. The van der Waals surface area contributed by atoms with E-state index in [2.05, 4.69) is 16.1 Å². The second kappa shape index (κ2) is 14.4. The first-order chi connectivity index (χ1) is 17.0. The van der Waals surface area contributed by atoms with Gasteiger partial charge in [0.15, 0.2) is 0 Å². The number of nitrogens with zero attached hydrogens (tertiary/aromatic N) is 1. The Morgan fingerprint density at radius 3 is 2.53 bits per heavy atom. The lowest BCUT2D eigenvalue weighted by molar-refractivity contribution is -0.152. The minimum atomic E-state index is -1.74. The van der Waals surface area contributed by atoms with Crippen LogP contribution in [0.5, 0.6) is 0 Å². The number of allylic oxidation sites excluding steroid dienone is 1. The average molecular weight is 562 g/mol. The molecule has 1 aromatic carbocycles. The van der Waals surface area contributed by atoms with Crippen molar-refractivity contribution in [2.45, 2.75) is 61.4 Å². The molecule has 12 heteroatoms. The number of hydrogen-bond donors (Lipinski definition) is 3. The molecular weight excluding hydrogens is 531 g/mol. The maximum atomic E-state index is 13.1. The zero-order valence-electron chi connectivity index (χ0n) is 20.1. The zero-order chi connectivity index (χ0) is 26.7. The predicted molar refractivity (Wildman–Crippen MR) is 138 cm³/mol. The number of ether oxygens (including phenoxy) is 1. The fourth-order valence-corrected chi connectivity index (χ4v) is 3.68. The fraction of sp³-hybridized carbons (Fsp3) is 0.500. The highest BCUT2D eigenvalue weighted by Crippen LogP contribution is 2.26. The number of hydrazine groups is 1. The van der Waals surface area contributed by atoms with Gasteiger partial charge in [0.05, 0.1) is 0 Å². The van der Waals surface area contributed by atoms with Crippen LogP contribution in [0.2, 0.25) is 0 Å². The Labute approximate surface area is 225 Å². The highest BCUT2D eigenvalue weighted by molar-refractivity contribution is 6.67. The molecule has 198 valence electrons. The van der Waals surface area contributed by atoms with E-state index in [1.807, 2.05) is 30.3 Å². The molecule has 2 rings (SSSR count). The smallest absolute Gasteiger partial charge is 0.325 e. The van der Waals surface area contributed by atoms with E-state index in [0.717, 1.165) is 5.56 Å². The summed E-state index contributed by atoms with van der Waals surface area (Å²) in [6, 6.07) is 6.65. The molecule has 3 N–H and O–H groups in total. The molecule has 1 aromatic rings. The van der Waals surface area contributed by atoms with Crippen molar-refractivity contribution in [2.24, 2.45) is 0 Å². The van der Waals surface area contributed by atoms with Crippen molar-refractivity contribution in [3.05, 3.63) is 48.0 Å². The summed E-state index contributed by atoms with van der Waals surface area (Å²) < 4.78 is 3.26. The standard InChI is InChI=1S/C24H31Cl3N4O5/c1-3-4-12-20(32)29-19(14-17-9-6-5-7-10-17)21(33)28-16(2)22(34)31-13-8-11-18(30-31)23(35)36-15-24(25,26)27/h3-7,9-10,16,18-19,30H,8,11-15H2,1-2H3,(H,28,33)(H,29,32). The van der Waals surface area contributed by atoms with Crippen LogP contribution in [0.3, 0.4) is 0 Å². The summed E-state index contributed by atoms with van der Waals surface area (Å²) in [7, 11) is 0. The van der Waals surface area contributed by atoms with Gasteiger partial charge in [0.1, 0.15) is 24.7 Å². The van der Waals surface area contributed by atoms with Crippen LogP contribution < -0.4 is 16.1 Å². The summed E-state index contributed by atoms with van der Waals surface area (Å²) in [4.78, 5) is 50.6. The van der Waals surface area contributed by atoms with Crippen LogP contribution in [0, 0.1) is 0 Å². The Bertz CT molecular complexity index is 939. The molecule has 0 aromatic heterocycles. The van der Waals surface area contributed by atoms with Crippen LogP contribution in [0.15, 0.2) is 42.5 Å². The topological polar surface area (TPSA) is 117 Å². The van der Waals surface area contributed by atoms with Crippen LogP contribution in [0.25, 0.3) is 0 Å². The van der Waals surface area contributed by atoms with Crippen LogP contribution in [-0.2, 0) is 30.3 Å². The number of benzene rings is 1. The SMILES string of the molecule is CC=CCC(=O)NC(Cc1ccccc1)C(=O)NC(C)C(=O)N1CCCC(C(=O)OCC(Cl)(Cl)Cl)N1. The maximum Gasteiger partial charge on any atom is 0.325 e. The lowest BCUT2D eigenvalue weighted by Gasteiger charge is -2.34. The number of carbonyl (C=O) groups excluding carboxylic acids is 4. The van der Waals surface area contributed by atoms with E-state index < -0.39 is 46.3 Å².